The molecule has 2 bridgehead atoms. The molecule has 0 unspecified atom stereocenters. The molecule has 2 fully saturated rings. The van der Waals surface area contributed by atoms with E-state index in [1.807, 2.05) is 12.2 Å². The number of hydrogen-bond donors (Lipinski definition) is 0. The van der Waals surface area contributed by atoms with Crippen LogP contribution in [0.25, 0.3) is 0 Å². The van der Waals surface area contributed by atoms with Crippen LogP contribution in [0.1, 0.15) is 17.3 Å². The number of amides is 2. The average molecular weight is 313 g/mol. The summed E-state index contributed by atoms with van der Waals surface area (Å²) in [7, 11) is 0. The number of carbonyl (C=O) groups excluding carboxylic acids is 3. The number of anilines is 1. The zero-order valence-corrected chi connectivity index (χ0v) is 12.5. The lowest BCUT2D eigenvalue weighted by Gasteiger charge is -2.18. The Balaban J connectivity index is 1.67. The van der Waals surface area contributed by atoms with Gasteiger partial charge in [-0.2, -0.15) is 0 Å². The molecule has 6 nitrogen and oxygen atoms in total. The minimum Gasteiger partial charge on any atom is -0.462 e. The summed E-state index contributed by atoms with van der Waals surface area (Å²) in [5.41, 5.74) is 0.721. The number of carbonyl (C=O) groups is 3. The van der Waals surface area contributed by atoms with Gasteiger partial charge in [0.25, 0.3) is 0 Å². The van der Waals surface area contributed by atoms with Gasteiger partial charge in [0, 0.05) is 0 Å². The highest BCUT2D eigenvalue weighted by atomic mass is 16.5. The summed E-state index contributed by atoms with van der Waals surface area (Å²) < 4.78 is 10.6. The number of rotatable bonds is 3. The normalized spacial score (nSPS) is 30.9. The van der Waals surface area contributed by atoms with Gasteiger partial charge in [-0.05, 0) is 25.1 Å². The predicted molar refractivity (Wildman–Crippen MR) is 79.7 cm³/mol. The molecule has 0 saturated carbocycles. The topological polar surface area (TPSA) is 72.9 Å². The molecule has 4 atom stereocenters. The van der Waals surface area contributed by atoms with Gasteiger partial charge in [-0.1, -0.05) is 18.2 Å². The maximum atomic E-state index is 12.7. The summed E-state index contributed by atoms with van der Waals surface area (Å²) in [6.45, 7) is 1.99. The fourth-order valence-electron chi connectivity index (χ4n) is 3.54. The largest absolute Gasteiger partial charge is 0.462 e. The van der Waals surface area contributed by atoms with Crippen molar-refractivity contribution in [3.05, 3.63) is 42.0 Å². The third kappa shape index (κ3) is 1.95. The van der Waals surface area contributed by atoms with Gasteiger partial charge in [0.1, 0.15) is 0 Å². The van der Waals surface area contributed by atoms with E-state index in [1.54, 1.807) is 25.1 Å². The Hall–Kier alpha value is -2.47. The second-order valence-electron chi connectivity index (χ2n) is 5.78. The number of nitrogens with zero attached hydrogens (tertiary/aromatic N) is 1. The van der Waals surface area contributed by atoms with E-state index in [1.165, 1.54) is 11.0 Å². The van der Waals surface area contributed by atoms with Crippen LogP contribution >= 0.6 is 0 Å². The first kappa shape index (κ1) is 14.1. The van der Waals surface area contributed by atoms with Gasteiger partial charge >= 0.3 is 5.97 Å². The van der Waals surface area contributed by atoms with Crippen molar-refractivity contribution in [3.8, 4) is 0 Å². The Morgan fingerprint density at radius 2 is 1.83 bits per heavy atom. The number of imide groups is 1. The van der Waals surface area contributed by atoms with Crippen LogP contribution < -0.4 is 4.90 Å². The van der Waals surface area contributed by atoms with Crippen molar-refractivity contribution in [1.82, 2.24) is 0 Å². The number of benzene rings is 1. The summed E-state index contributed by atoms with van der Waals surface area (Å²) in [6, 6.07) is 6.40. The van der Waals surface area contributed by atoms with Gasteiger partial charge in [0.15, 0.2) is 0 Å². The Bertz CT molecular complexity index is 710. The van der Waals surface area contributed by atoms with Crippen molar-refractivity contribution >= 4 is 23.5 Å². The summed E-state index contributed by atoms with van der Waals surface area (Å²) in [5, 5.41) is 0. The molecule has 3 heterocycles. The first-order chi connectivity index (χ1) is 11.1. The van der Waals surface area contributed by atoms with Gasteiger partial charge in [-0.15, -0.1) is 0 Å². The lowest BCUT2D eigenvalue weighted by atomic mass is 9.85. The Morgan fingerprint density at radius 1 is 1.17 bits per heavy atom. The molecule has 4 rings (SSSR count). The first-order valence-corrected chi connectivity index (χ1v) is 7.60. The molecule has 1 aromatic rings. The highest BCUT2D eigenvalue weighted by molar-refractivity contribution is 6.23. The maximum absolute atomic E-state index is 12.7. The van der Waals surface area contributed by atoms with Gasteiger partial charge in [0.2, 0.25) is 11.8 Å². The van der Waals surface area contributed by atoms with Crippen molar-refractivity contribution in [1.29, 1.82) is 0 Å². The minimum atomic E-state index is -0.473. The van der Waals surface area contributed by atoms with Crippen LogP contribution in [-0.4, -0.2) is 36.6 Å². The van der Waals surface area contributed by atoms with Crippen LogP contribution in [0.4, 0.5) is 5.69 Å². The Kier molecular flexibility index (Phi) is 3.09. The maximum Gasteiger partial charge on any atom is 0.338 e. The van der Waals surface area contributed by atoms with Crippen LogP contribution in [0.15, 0.2) is 36.4 Å². The van der Waals surface area contributed by atoms with Crippen molar-refractivity contribution in [2.24, 2.45) is 11.8 Å². The molecule has 0 aromatic heterocycles. The zero-order chi connectivity index (χ0) is 16.1. The lowest BCUT2D eigenvalue weighted by molar-refractivity contribution is -0.124. The van der Waals surface area contributed by atoms with Crippen molar-refractivity contribution in [3.63, 3.8) is 0 Å². The molecule has 3 aliphatic heterocycles. The van der Waals surface area contributed by atoms with Crippen LogP contribution in [-0.2, 0) is 19.1 Å². The van der Waals surface area contributed by atoms with Crippen molar-refractivity contribution in [2.75, 3.05) is 11.5 Å². The zero-order valence-electron chi connectivity index (χ0n) is 12.5. The molecular formula is C17H15NO5. The van der Waals surface area contributed by atoms with E-state index in [4.69, 9.17) is 9.47 Å². The predicted octanol–water partition coefficient (Wildman–Crippen LogP) is 1.31. The molecule has 2 amide bonds. The molecule has 2 saturated heterocycles. The third-order valence-electron chi connectivity index (χ3n) is 4.53. The second kappa shape index (κ2) is 5.03. The summed E-state index contributed by atoms with van der Waals surface area (Å²) in [5.74, 6) is -1.91. The monoisotopic (exact) mass is 313 g/mol. The molecular weight excluding hydrogens is 298 g/mol. The summed E-state index contributed by atoms with van der Waals surface area (Å²) in [6.07, 6.45) is 3.05. The summed E-state index contributed by atoms with van der Waals surface area (Å²) in [4.78, 5) is 38.4. The molecule has 0 spiro atoms. The van der Waals surface area contributed by atoms with Gasteiger partial charge < -0.3 is 9.47 Å². The number of esters is 1. The number of hydrogen-bond acceptors (Lipinski definition) is 5. The highest BCUT2D eigenvalue weighted by Gasteiger charge is 2.61. The molecule has 3 aliphatic rings. The van der Waals surface area contributed by atoms with E-state index in [-0.39, 0.29) is 30.6 Å². The molecule has 1 aromatic carbocycles. The van der Waals surface area contributed by atoms with Crippen LogP contribution in [0.2, 0.25) is 0 Å². The minimum absolute atomic E-state index is 0.265. The quantitative estimate of drug-likeness (QED) is 0.478. The molecule has 0 N–H and O–H groups in total. The van der Waals surface area contributed by atoms with E-state index < -0.39 is 17.8 Å². The Labute approximate surface area is 132 Å². The smallest absolute Gasteiger partial charge is 0.338 e. The van der Waals surface area contributed by atoms with E-state index in [0.29, 0.717) is 11.3 Å². The number of fused-ring (bicyclic) bond motifs is 5. The van der Waals surface area contributed by atoms with Gasteiger partial charge in [-0.3, -0.25) is 9.59 Å². The van der Waals surface area contributed by atoms with E-state index in [9.17, 15) is 14.4 Å². The van der Waals surface area contributed by atoms with Crippen LogP contribution in [0, 0.1) is 11.8 Å². The second-order valence-corrected chi connectivity index (χ2v) is 5.78. The molecule has 6 heteroatoms. The fourth-order valence-corrected chi connectivity index (χ4v) is 3.54. The highest BCUT2D eigenvalue weighted by Crippen LogP contribution is 2.46. The lowest BCUT2D eigenvalue weighted by Crippen LogP contribution is -2.34. The van der Waals surface area contributed by atoms with Crippen molar-refractivity contribution < 1.29 is 23.9 Å². The van der Waals surface area contributed by atoms with Gasteiger partial charge in [0.05, 0.1) is 41.9 Å². The van der Waals surface area contributed by atoms with E-state index >= 15 is 0 Å². The van der Waals surface area contributed by atoms with Crippen LogP contribution in [0.3, 0.4) is 0 Å². The van der Waals surface area contributed by atoms with Crippen molar-refractivity contribution in [2.45, 2.75) is 19.1 Å². The molecule has 23 heavy (non-hydrogen) atoms. The Morgan fingerprint density at radius 3 is 2.43 bits per heavy atom. The van der Waals surface area contributed by atoms with E-state index in [2.05, 4.69) is 0 Å². The first-order valence-electron chi connectivity index (χ1n) is 7.60. The van der Waals surface area contributed by atoms with Crippen LogP contribution in [0.5, 0.6) is 0 Å². The standard InChI is InChI=1S/C17H15NO5/c1-2-22-17(21)9-4-3-5-10(8-9)18-15(19)13-11-6-7-12(23-11)14(13)16(18)20/h3-8,11-14H,2H2,1H3/t11-,12+,13+,14-. The number of ether oxygens (including phenoxy) is 2. The SMILES string of the molecule is CCOC(=O)c1cccc(N2C(=O)[C@@H]3[C@H](C2=O)[C@@H]2C=C[C@H]3O2)c1. The fraction of sp³-hybridized carbons (Fsp3) is 0.353. The van der Waals surface area contributed by atoms with E-state index in [0.717, 1.165) is 0 Å². The molecule has 118 valence electrons. The molecule has 0 aliphatic carbocycles. The summed E-state index contributed by atoms with van der Waals surface area (Å²) >= 11 is 0. The average Bonchev–Trinajstić information content (AvgIpc) is 3.22. The molecule has 0 radical (unpaired) electrons. The third-order valence-corrected chi connectivity index (χ3v) is 4.53. The van der Waals surface area contributed by atoms with Gasteiger partial charge in [-0.25, -0.2) is 9.69 Å².